The number of pyridine rings is 1. The van der Waals surface area contributed by atoms with Gasteiger partial charge in [0.1, 0.15) is 5.69 Å². The van der Waals surface area contributed by atoms with Crippen molar-refractivity contribution in [2.75, 3.05) is 20.1 Å². The van der Waals surface area contributed by atoms with Gasteiger partial charge in [0.15, 0.2) is 11.8 Å². The van der Waals surface area contributed by atoms with E-state index in [0.717, 1.165) is 12.5 Å². The predicted molar refractivity (Wildman–Crippen MR) is 103 cm³/mol. The molecule has 1 unspecified atom stereocenters. The first kappa shape index (κ1) is 18.1. The Hall–Kier alpha value is -2.74. The van der Waals surface area contributed by atoms with Crippen molar-refractivity contribution in [3.05, 3.63) is 52.6 Å². The van der Waals surface area contributed by atoms with Crippen LogP contribution >= 0.6 is 11.3 Å². The standard InChI is InChI=1S/C18H22N6OS/c1-13(15-7-5-11-26-15)12-22-18(19-2)21-10-8-16-23-17(25-24-16)14-6-3-4-9-20-14/h3-7,9,11,13H,8,10,12H2,1-2H3,(H2,19,21,22). The van der Waals surface area contributed by atoms with Crippen molar-refractivity contribution in [3.8, 4) is 11.6 Å². The van der Waals surface area contributed by atoms with E-state index in [4.69, 9.17) is 4.52 Å². The molecular weight excluding hydrogens is 348 g/mol. The van der Waals surface area contributed by atoms with E-state index in [1.807, 2.05) is 18.2 Å². The number of rotatable bonds is 7. The third kappa shape index (κ3) is 4.89. The molecule has 0 fully saturated rings. The maximum absolute atomic E-state index is 5.26. The average molecular weight is 370 g/mol. The average Bonchev–Trinajstić information content (AvgIpc) is 3.37. The van der Waals surface area contributed by atoms with Crippen LogP contribution in [0, 0.1) is 0 Å². The summed E-state index contributed by atoms with van der Waals surface area (Å²) in [5.74, 6) is 2.28. The van der Waals surface area contributed by atoms with Gasteiger partial charge < -0.3 is 15.2 Å². The van der Waals surface area contributed by atoms with Gasteiger partial charge in [-0.25, -0.2) is 0 Å². The Morgan fingerprint density at radius 1 is 1.27 bits per heavy atom. The third-order valence-corrected chi connectivity index (χ3v) is 4.93. The van der Waals surface area contributed by atoms with Crippen molar-refractivity contribution in [1.82, 2.24) is 25.8 Å². The maximum atomic E-state index is 5.26. The third-order valence-electron chi connectivity index (χ3n) is 3.82. The summed E-state index contributed by atoms with van der Waals surface area (Å²) in [6, 6.07) is 9.82. The quantitative estimate of drug-likeness (QED) is 0.491. The van der Waals surface area contributed by atoms with E-state index in [1.54, 1.807) is 24.6 Å². The highest BCUT2D eigenvalue weighted by Gasteiger charge is 2.10. The summed E-state index contributed by atoms with van der Waals surface area (Å²) >= 11 is 1.77. The molecule has 136 valence electrons. The summed E-state index contributed by atoms with van der Waals surface area (Å²) in [6.45, 7) is 3.69. The lowest BCUT2D eigenvalue weighted by atomic mass is 10.1. The molecule has 0 amide bonds. The molecule has 0 radical (unpaired) electrons. The first-order valence-corrected chi connectivity index (χ1v) is 9.36. The smallest absolute Gasteiger partial charge is 0.276 e. The number of thiophene rings is 1. The molecule has 3 aromatic heterocycles. The second-order valence-corrected chi connectivity index (χ2v) is 6.76. The minimum absolute atomic E-state index is 0.437. The fourth-order valence-electron chi connectivity index (χ4n) is 2.38. The van der Waals surface area contributed by atoms with Crippen LogP contribution in [0.15, 0.2) is 51.4 Å². The van der Waals surface area contributed by atoms with E-state index in [0.29, 0.717) is 36.3 Å². The van der Waals surface area contributed by atoms with Crippen LogP contribution in [0.3, 0.4) is 0 Å². The molecule has 0 aromatic carbocycles. The second-order valence-electron chi connectivity index (χ2n) is 5.78. The largest absolute Gasteiger partial charge is 0.356 e. The zero-order valence-electron chi connectivity index (χ0n) is 14.8. The number of nitrogens with one attached hydrogen (secondary N) is 2. The summed E-state index contributed by atoms with van der Waals surface area (Å²) in [5, 5.41) is 12.7. The van der Waals surface area contributed by atoms with Gasteiger partial charge in [-0.3, -0.25) is 9.98 Å². The number of aromatic nitrogens is 3. The van der Waals surface area contributed by atoms with Crippen molar-refractivity contribution in [2.45, 2.75) is 19.3 Å². The molecule has 3 rings (SSSR count). The Balaban J connectivity index is 1.44. The van der Waals surface area contributed by atoms with E-state index in [-0.39, 0.29) is 0 Å². The molecule has 3 aromatic rings. The van der Waals surface area contributed by atoms with E-state index in [1.165, 1.54) is 4.88 Å². The fraction of sp³-hybridized carbons (Fsp3) is 0.333. The van der Waals surface area contributed by atoms with Crippen LogP contribution in [-0.2, 0) is 6.42 Å². The SMILES string of the molecule is CN=C(NCCc1noc(-c2ccccn2)n1)NCC(C)c1cccs1. The molecule has 3 heterocycles. The minimum atomic E-state index is 0.437. The lowest BCUT2D eigenvalue weighted by Crippen LogP contribution is -2.39. The highest BCUT2D eigenvalue weighted by Crippen LogP contribution is 2.19. The van der Waals surface area contributed by atoms with Crippen molar-refractivity contribution >= 4 is 17.3 Å². The number of hydrogen-bond donors (Lipinski definition) is 2. The lowest BCUT2D eigenvalue weighted by Gasteiger charge is -2.14. The maximum Gasteiger partial charge on any atom is 0.276 e. The van der Waals surface area contributed by atoms with Crippen LogP contribution in [0.5, 0.6) is 0 Å². The molecule has 26 heavy (non-hydrogen) atoms. The van der Waals surface area contributed by atoms with Crippen molar-refractivity contribution in [3.63, 3.8) is 0 Å². The van der Waals surface area contributed by atoms with Gasteiger partial charge in [-0.2, -0.15) is 4.98 Å². The molecule has 0 saturated heterocycles. The summed E-state index contributed by atoms with van der Waals surface area (Å²) in [4.78, 5) is 14.2. The number of guanidine groups is 1. The Labute approximate surface area is 156 Å². The van der Waals surface area contributed by atoms with Crippen molar-refractivity contribution in [1.29, 1.82) is 0 Å². The highest BCUT2D eigenvalue weighted by molar-refractivity contribution is 7.10. The van der Waals surface area contributed by atoms with Gasteiger partial charge in [0.2, 0.25) is 0 Å². The first-order valence-electron chi connectivity index (χ1n) is 8.48. The summed E-state index contributed by atoms with van der Waals surface area (Å²) in [7, 11) is 1.76. The monoisotopic (exact) mass is 370 g/mol. The molecule has 0 saturated carbocycles. The van der Waals surface area contributed by atoms with Gasteiger partial charge >= 0.3 is 0 Å². The normalized spacial score (nSPS) is 12.8. The lowest BCUT2D eigenvalue weighted by molar-refractivity contribution is 0.421. The molecule has 0 spiro atoms. The molecule has 7 nitrogen and oxygen atoms in total. The Bertz CT molecular complexity index is 815. The molecule has 0 aliphatic heterocycles. The Morgan fingerprint density at radius 2 is 2.19 bits per heavy atom. The number of nitrogens with zero attached hydrogens (tertiary/aromatic N) is 4. The van der Waals surface area contributed by atoms with Gasteiger partial charge in [0.05, 0.1) is 0 Å². The van der Waals surface area contributed by atoms with Crippen LogP contribution < -0.4 is 10.6 Å². The highest BCUT2D eigenvalue weighted by atomic mass is 32.1. The molecular formula is C18H22N6OS. The summed E-state index contributed by atoms with van der Waals surface area (Å²) < 4.78 is 5.26. The zero-order chi connectivity index (χ0) is 18.2. The van der Waals surface area contributed by atoms with Gasteiger partial charge in [-0.1, -0.05) is 24.2 Å². The van der Waals surface area contributed by atoms with Crippen LogP contribution in [0.2, 0.25) is 0 Å². The molecule has 1 atom stereocenters. The van der Waals surface area contributed by atoms with Crippen LogP contribution in [-0.4, -0.2) is 41.2 Å². The van der Waals surface area contributed by atoms with Gasteiger partial charge in [-0.05, 0) is 23.6 Å². The predicted octanol–water partition coefficient (Wildman–Crippen LogP) is 2.70. The van der Waals surface area contributed by atoms with Gasteiger partial charge in [-0.15, -0.1) is 11.3 Å². The summed E-state index contributed by atoms with van der Waals surface area (Å²) in [6.07, 6.45) is 2.34. The van der Waals surface area contributed by atoms with Crippen molar-refractivity contribution in [2.24, 2.45) is 4.99 Å². The van der Waals surface area contributed by atoms with E-state index >= 15 is 0 Å². The van der Waals surface area contributed by atoms with Crippen LogP contribution in [0.25, 0.3) is 11.6 Å². The molecule has 0 aliphatic rings. The van der Waals surface area contributed by atoms with Gasteiger partial charge in [0, 0.05) is 43.5 Å². The van der Waals surface area contributed by atoms with Crippen molar-refractivity contribution < 1.29 is 4.52 Å². The number of hydrogen-bond acceptors (Lipinski definition) is 6. The van der Waals surface area contributed by atoms with E-state index in [9.17, 15) is 0 Å². The molecule has 8 heteroatoms. The molecule has 0 bridgehead atoms. The summed E-state index contributed by atoms with van der Waals surface area (Å²) in [5.41, 5.74) is 0.680. The molecule has 0 aliphatic carbocycles. The van der Waals surface area contributed by atoms with E-state index < -0.39 is 0 Å². The second kappa shape index (κ2) is 9.10. The van der Waals surface area contributed by atoms with Crippen LogP contribution in [0.1, 0.15) is 23.5 Å². The zero-order valence-corrected chi connectivity index (χ0v) is 15.7. The fourth-order valence-corrected chi connectivity index (χ4v) is 3.17. The van der Waals surface area contributed by atoms with E-state index in [2.05, 4.69) is 55.2 Å². The number of aliphatic imine (C=N–C) groups is 1. The Morgan fingerprint density at radius 3 is 2.92 bits per heavy atom. The van der Waals surface area contributed by atoms with Crippen LogP contribution in [0.4, 0.5) is 0 Å². The minimum Gasteiger partial charge on any atom is -0.356 e. The van der Waals surface area contributed by atoms with Gasteiger partial charge in [0.25, 0.3) is 5.89 Å². The molecule has 2 N–H and O–H groups in total. The Kier molecular flexibility index (Phi) is 6.32. The topological polar surface area (TPSA) is 88.2 Å². The first-order chi connectivity index (χ1) is 12.8.